The third-order valence-corrected chi connectivity index (χ3v) is 2.30. The van der Waals surface area contributed by atoms with Gasteiger partial charge in [-0.3, -0.25) is 4.68 Å². The Morgan fingerprint density at radius 1 is 1.64 bits per heavy atom. The second-order valence-electron chi connectivity index (χ2n) is 3.88. The molecule has 1 rings (SSSR count). The van der Waals surface area contributed by atoms with Gasteiger partial charge in [0.15, 0.2) is 0 Å². The van der Waals surface area contributed by atoms with Crippen molar-refractivity contribution in [1.29, 1.82) is 0 Å². The Hall–Kier alpha value is -0.870. The fraction of sp³-hybridized carbons (Fsp3) is 0.700. The Bertz CT molecular complexity index is 281. The monoisotopic (exact) mass is 198 g/mol. The SMILES string of the molecule is COCC(C)(O)CCc1ccnn1C. The molecule has 1 atom stereocenters. The lowest BCUT2D eigenvalue weighted by Gasteiger charge is -2.21. The first-order chi connectivity index (χ1) is 6.55. The second-order valence-corrected chi connectivity index (χ2v) is 3.88. The van der Waals surface area contributed by atoms with Crippen LogP contribution in [0.15, 0.2) is 12.3 Å². The van der Waals surface area contributed by atoms with Crippen molar-refractivity contribution < 1.29 is 9.84 Å². The highest BCUT2D eigenvalue weighted by atomic mass is 16.5. The molecule has 1 heterocycles. The largest absolute Gasteiger partial charge is 0.388 e. The van der Waals surface area contributed by atoms with Gasteiger partial charge in [0.25, 0.3) is 0 Å². The molecule has 0 amide bonds. The number of aromatic nitrogens is 2. The highest BCUT2D eigenvalue weighted by molar-refractivity contribution is 5.00. The van der Waals surface area contributed by atoms with E-state index in [0.29, 0.717) is 13.0 Å². The molecule has 1 N–H and O–H groups in total. The molecule has 0 aliphatic heterocycles. The fourth-order valence-corrected chi connectivity index (χ4v) is 1.43. The van der Waals surface area contributed by atoms with Crippen LogP contribution in [0, 0.1) is 0 Å². The van der Waals surface area contributed by atoms with Crippen molar-refractivity contribution in [1.82, 2.24) is 9.78 Å². The van der Waals surface area contributed by atoms with Crippen LogP contribution in [0.4, 0.5) is 0 Å². The summed E-state index contributed by atoms with van der Waals surface area (Å²) < 4.78 is 6.76. The van der Waals surface area contributed by atoms with E-state index in [9.17, 15) is 5.11 Å². The molecule has 1 aromatic heterocycles. The molecule has 0 saturated heterocycles. The molecular weight excluding hydrogens is 180 g/mol. The Morgan fingerprint density at radius 2 is 2.36 bits per heavy atom. The van der Waals surface area contributed by atoms with Crippen molar-refractivity contribution in [2.45, 2.75) is 25.4 Å². The van der Waals surface area contributed by atoms with E-state index in [0.717, 1.165) is 12.1 Å². The van der Waals surface area contributed by atoms with Gasteiger partial charge in [0, 0.05) is 26.0 Å². The number of rotatable bonds is 5. The zero-order valence-electron chi connectivity index (χ0n) is 9.03. The summed E-state index contributed by atoms with van der Waals surface area (Å²) in [7, 11) is 3.50. The standard InChI is InChI=1S/C10H18N2O2/c1-10(13,8-14-3)6-4-9-5-7-11-12(9)2/h5,7,13H,4,6,8H2,1-3H3. The summed E-state index contributed by atoms with van der Waals surface area (Å²) in [4.78, 5) is 0. The molecule has 0 aliphatic carbocycles. The van der Waals surface area contributed by atoms with Crippen molar-refractivity contribution in [2.24, 2.45) is 7.05 Å². The summed E-state index contributed by atoms with van der Waals surface area (Å²) in [6.07, 6.45) is 3.26. The fourth-order valence-electron chi connectivity index (χ4n) is 1.43. The molecule has 4 nitrogen and oxygen atoms in total. The van der Waals surface area contributed by atoms with E-state index < -0.39 is 5.60 Å². The van der Waals surface area contributed by atoms with Gasteiger partial charge in [-0.05, 0) is 25.8 Å². The van der Waals surface area contributed by atoms with Gasteiger partial charge in [0.2, 0.25) is 0 Å². The molecule has 0 spiro atoms. The van der Waals surface area contributed by atoms with Crippen LogP contribution < -0.4 is 0 Å². The van der Waals surface area contributed by atoms with Gasteiger partial charge in [-0.15, -0.1) is 0 Å². The maximum Gasteiger partial charge on any atom is 0.0855 e. The Kier molecular flexibility index (Phi) is 3.66. The third kappa shape index (κ3) is 3.12. The molecule has 14 heavy (non-hydrogen) atoms. The van der Waals surface area contributed by atoms with Gasteiger partial charge < -0.3 is 9.84 Å². The third-order valence-electron chi connectivity index (χ3n) is 2.30. The van der Waals surface area contributed by atoms with Gasteiger partial charge in [0.05, 0.1) is 12.2 Å². The molecule has 0 saturated carbocycles. The number of nitrogens with zero attached hydrogens (tertiary/aromatic N) is 2. The Labute approximate surface area is 84.5 Å². The van der Waals surface area contributed by atoms with Gasteiger partial charge in [-0.2, -0.15) is 5.10 Å². The number of hydrogen-bond donors (Lipinski definition) is 1. The molecule has 80 valence electrons. The lowest BCUT2D eigenvalue weighted by Crippen LogP contribution is -2.30. The number of methoxy groups -OCH3 is 1. The van der Waals surface area contributed by atoms with Crippen LogP contribution in [-0.4, -0.2) is 34.2 Å². The molecule has 0 fully saturated rings. The Morgan fingerprint density at radius 3 is 2.86 bits per heavy atom. The summed E-state index contributed by atoms with van der Waals surface area (Å²) in [5.41, 5.74) is 0.375. The van der Waals surface area contributed by atoms with Gasteiger partial charge in [-0.1, -0.05) is 0 Å². The number of hydrogen-bond acceptors (Lipinski definition) is 3. The lowest BCUT2D eigenvalue weighted by atomic mass is 10.0. The molecule has 0 aliphatic rings. The molecule has 4 heteroatoms. The minimum absolute atomic E-state index is 0.366. The molecule has 1 aromatic rings. The smallest absolute Gasteiger partial charge is 0.0855 e. The van der Waals surface area contributed by atoms with Crippen LogP contribution in [0.5, 0.6) is 0 Å². The first-order valence-corrected chi connectivity index (χ1v) is 4.73. The highest BCUT2D eigenvalue weighted by Crippen LogP contribution is 2.13. The van der Waals surface area contributed by atoms with Crippen LogP contribution >= 0.6 is 0 Å². The molecule has 0 aromatic carbocycles. The first-order valence-electron chi connectivity index (χ1n) is 4.73. The van der Waals surface area contributed by atoms with Crippen LogP contribution in [-0.2, 0) is 18.2 Å². The summed E-state index contributed by atoms with van der Waals surface area (Å²) in [5.74, 6) is 0. The summed E-state index contributed by atoms with van der Waals surface area (Å²) in [5, 5.41) is 13.9. The minimum Gasteiger partial charge on any atom is -0.388 e. The minimum atomic E-state index is -0.751. The van der Waals surface area contributed by atoms with Crippen molar-refractivity contribution >= 4 is 0 Å². The van der Waals surface area contributed by atoms with E-state index in [4.69, 9.17) is 4.74 Å². The van der Waals surface area contributed by atoms with Crippen LogP contribution in [0.2, 0.25) is 0 Å². The van der Waals surface area contributed by atoms with E-state index >= 15 is 0 Å². The average molecular weight is 198 g/mol. The van der Waals surface area contributed by atoms with E-state index in [1.807, 2.05) is 17.8 Å². The molecule has 0 bridgehead atoms. The Balaban J connectivity index is 2.44. The second kappa shape index (κ2) is 4.57. The first kappa shape index (κ1) is 11.2. The van der Waals surface area contributed by atoms with Crippen LogP contribution in [0.25, 0.3) is 0 Å². The predicted octanol–water partition coefficient (Wildman–Crippen LogP) is 0.750. The lowest BCUT2D eigenvalue weighted by molar-refractivity contribution is -0.0225. The zero-order valence-corrected chi connectivity index (χ0v) is 9.03. The van der Waals surface area contributed by atoms with Gasteiger partial charge in [0.1, 0.15) is 0 Å². The van der Waals surface area contributed by atoms with E-state index in [1.165, 1.54) is 0 Å². The van der Waals surface area contributed by atoms with Gasteiger partial charge in [-0.25, -0.2) is 0 Å². The number of ether oxygens (including phenoxy) is 1. The van der Waals surface area contributed by atoms with E-state index in [1.54, 1.807) is 20.2 Å². The number of aryl methyl sites for hydroxylation is 2. The molecule has 1 unspecified atom stereocenters. The topological polar surface area (TPSA) is 47.3 Å². The highest BCUT2D eigenvalue weighted by Gasteiger charge is 2.20. The van der Waals surface area contributed by atoms with E-state index in [2.05, 4.69) is 5.10 Å². The predicted molar refractivity (Wildman–Crippen MR) is 54.0 cm³/mol. The molecular formula is C10H18N2O2. The maximum absolute atomic E-state index is 9.85. The van der Waals surface area contributed by atoms with Crippen molar-refractivity contribution in [3.63, 3.8) is 0 Å². The van der Waals surface area contributed by atoms with Gasteiger partial charge >= 0.3 is 0 Å². The van der Waals surface area contributed by atoms with Crippen LogP contribution in [0.1, 0.15) is 19.0 Å². The quantitative estimate of drug-likeness (QED) is 0.759. The average Bonchev–Trinajstić information content (AvgIpc) is 2.48. The van der Waals surface area contributed by atoms with Crippen molar-refractivity contribution in [3.8, 4) is 0 Å². The normalized spacial score (nSPS) is 15.4. The van der Waals surface area contributed by atoms with Crippen molar-refractivity contribution in [3.05, 3.63) is 18.0 Å². The number of aliphatic hydroxyl groups is 1. The molecule has 0 radical (unpaired) electrons. The summed E-state index contributed by atoms with van der Waals surface area (Å²) in [6, 6.07) is 1.96. The van der Waals surface area contributed by atoms with Crippen LogP contribution in [0.3, 0.4) is 0 Å². The van der Waals surface area contributed by atoms with Crippen molar-refractivity contribution in [2.75, 3.05) is 13.7 Å². The maximum atomic E-state index is 9.85. The summed E-state index contributed by atoms with van der Waals surface area (Å²) in [6.45, 7) is 2.15. The summed E-state index contributed by atoms with van der Waals surface area (Å²) >= 11 is 0. The zero-order chi connectivity index (χ0) is 10.6. The van der Waals surface area contributed by atoms with E-state index in [-0.39, 0.29) is 0 Å².